The molecule has 1 aliphatic carbocycles. The highest BCUT2D eigenvalue weighted by Crippen LogP contribution is 2.48. The molecule has 2 aliphatic rings. The summed E-state index contributed by atoms with van der Waals surface area (Å²) in [6.45, 7) is -0.507. The summed E-state index contributed by atoms with van der Waals surface area (Å²) < 4.78 is 110. The SMILES string of the molecule is O=C(O)C1(c2ccc3c(c2)N(S(=O)(=O)c2ccc(OC(F)(F)F)cc2)Cc2ccc(C(F)(F)F)nc2N3)CCC1. The third-order valence-electron chi connectivity index (χ3n) is 6.92. The molecular weight excluding hydrogens is 568 g/mol. The van der Waals surface area contributed by atoms with Crippen LogP contribution in [0.4, 0.5) is 43.5 Å². The Balaban J connectivity index is 1.64. The highest BCUT2D eigenvalue weighted by atomic mass is 32.2. The molecule has 1 saturated carbocycles. The van der Waals surface area contributed by atoms with Gasteiger partial charge in [-0.15, -0.1) is 13.2 Å². The first-order valence-electron chi connectivity index (χ1n) is 11.7. The molecule has 0 spiro atoms. The maximum atomic E-state index is 13.8. The molecular formula is C25H19F6N3O5S. The summed E-state index contributed by atoms with van der Waals surface area (Å²) in [4.78, 5) is 15.3. The van der Waals surface area contributed by atoms with Crippen LogP contribution in [0.25, 0.3) is 0 Å². The first-order chi connectivity index (χ1) is 18.6. The van der Waals surface area contributed by atoms with Gasteiger partial charge in [-0.2, -0.15) is 13.2 Å². The minimum Gasteiger partial charge on any atom is -0.481 e. The minimum absolute atomic E-state index is 0.0368. The van der Waals surface area contributed by atoms with Crippen molar-refractivity contribution in [3.8, 4) is 5.75 Å². The molecule has 0 bridgehead atoms. The van der Waals surface area contributed by atoms with Crippen molar-refractivity contribution in [2.75, 3.05) is 9.62 Å². The van der Waals surface area contributed by atoms with Crippen molar-refractivity contribution >= 4 is 33.2 Å². The molecule has 8 nitrogen and oxygen atoms in total. The monoisotopic (exact) mass is 587 g/mol. The molecule has 2 heterocycles. The van der Waals surface area contributed by atoms with E-state index < -0.39 is 56.8 Å². The van der Waals surface area contributed by atoms with Crippen molar-refractivity contribution < 1.29 is 49.4 Å². The average Bonchev–Trinajstić information content (AvgIpc) is 2.98. The van der Waals surface area contributed by atoms with Crippen molar-refractivity contribution in [1.82, 2.24) is 4.98 Å². The Bertz CT molecular complexity index is 1590. The number of aliphatic carboxylic acids is 1. The summed E-state index contributed by atoms with van der Waals surface area (Å²) in [6, 6.07) is 9.37. The van der Waals surface area contributed by atoms with Crippen LogP contribution >= 0.6 is 0 Å². The fourth-order valence-corrected chi connectivity index (χ4v) is 6.16. The molecule has 1 fully saturated rings. The van der Waals surface area contributed by atoms with Crippen LogP contribution < -0.4 is 14.4 Å². The number of carboxylic acid groups (broad SMARTS) is 1. The van der Waals surface area contributed by atoms with Crippen molar-refractivity contribution in [2.24, 2.45) is 0 Å². The van der Waals surface area contributed by atoms with E-state index >= 15 is 0 Å². The summed E-state index contributed by atoms with van der Waals surface area (Å²) in [7, 11) is -4.55. The summed E-state index contributed by atoms with van der Waals surface area (Å²) in [5, 5.41) is 12.6. The zero-order valence-electron chi connectivity index (χ0n) is 20.2. The van der Waals surface area contributed by atoms with Crippen LogP contribution in [0, 0.1) is 0 Å². The number of halogens is 6. The zero-order chi connectivity index (χ0) is 29.1. The molecule has 2 aromatic carbocycles. The van der Waals surface area contributed by atoms with Gasteiger partial charge in [0, 0.05) is 5.56 Å². The summed E-state index contributed by atoms with van der Waals surface area (Å²) in [5.41, 5.74) is -2.13. The zero-order valence-corrected chi connectivity index (χ0v) is 21.0. The van der Waals surface area contributed by atoms with Crippen LogP contribution in [0.15, 0.2) is 59.5 Å². The first kappa shape index (κ1) is 27.6. The van der Waals surface area contributed by atoms with Gasteiger partial charge in [0.1, 0.15) is 17.3 Å². The predicted molar refractivity (Wildman–Crippen MR) is 129 cm³/mol. The van der Waals surface area contributed by atoms with Crippen molar-refractivity contribution in [1.29, 1.82) is 0 Å². The Morgan fingerprint density at radius 1 is 1.00 bits per heavy atom. The Labute approximate surface area is 223 Å². The molecule has 0 amide bonds. The minimum atomic E-state index is -5.00. The largest absolute Gasteiger partial charge is 0.573 e. The van der Waals surface area contributed by atoms with Crippen molar-refractivity contribution in [2.45, 2.75) is 48.7 Å². The van der Waals surface area contributed by atoms with E-state index in [9.17, 15) is 44.7 Å². The average molecular weight is 587 g/mol. The van der Waals surface area contributed by atoms with Crippen LogP contribution in [0.3, 0.4) is 0 Å². The molecule has 15 heteroatoms. The molecule has 0 atom stereocenters. The number of fused-ring (bicyclic) bond motifs is 2. The fraction of sp³-hybridized carbons (Fsp3) is 0.280. The lowest BCUT2D eigenvalue weighted by atomic mass is 9.64. The number of benzene rings is 2. The molecule has 0 unspecified atom stereocenters. The second-order valence-corrected chi connectivity index (χ2v) is 11.2. The number of anilines is 3. The Kier molecular flexibility index (Phi) is 6.39. The second kappa shape index (κ2) is 9.28. The molecule has 40 heavy (non-hydrogen) atoms. The number of alkyl halides is 6. The smallest absolute Gasteiger partial charge is 0.481 e. The fourth-order valence-electron chi connectivity index (χ4n) is 4.70. The highest BCUT2D eigenvalue weighted by molar-refractivity contribution is 7.92. The third-order valence-corrected chi connectivity index (χ3v) is 8.69. The maximum Gasteiger partial charge on any atom is 0.573 e. The van der Waals surface area contributed by atoms with E-state index in [4.69, 9.17) is 0 Å². The van der Waals surface area contributed by atoms with E-state index in [0.717, 1.165) is 34.6 Å². The van der Waals surface area contributed by atoms with Gasteiger partial charge >= 0.3 is 18.5 Å². The van der Waals surface area contributed by atoms with E-state index in [2.05, 4.69) is 15.0 Å². The highest BCUT2D eigenvalue weighted by Gasteiger charge is 2.47. The molecule has 2 N–H and O–H groups in total. The Hall–Kier alpha value is -4.01. The van der Waals surface area contributed by atoms with Gasteiger partial charge in [0.05, 0.1) is 28.2 Å². The van der Waals surface area contributed by atoms with Gasteiger partial charge in [0.25, 0.3) is 10.0 Å². The number of ether oxygens (including phenoxy) is 1. The van der Waals surface area contributed by atoms with Gasteiger partial charge in [-0.3, -0.25) is 9.10 Å². The molecule has 0 saturated heterocycles. The maximum absolute atomic E-state index is 13.8. The number of pyridine rings is 1. The number of nitrogens with zero attached hydrogens (tertiary/aromatic N) is 2. The van der Waals surface area contributed by atoms with Crippen LogP contribution in [-0.4, -0.2) is 30.8 Å². The van der Waals surface area contributed by atoms with Gasteiger partial charge in [-0.05, 0) is 60.9 Å². The Morgan fingerprint density at radius 3 is 2.23 bits per heavy atom. The predicted octanol–water partition coefficient (Wildman–Crippen LogP) is 5.96. The van der Waals surface area contributed by atoms with Crippen molar-refractivity contribution in [3.05, 3.63) is 71.4 Å². The number of carbonyl (C=O) groups is 1. The van der Waals surface area contributed by atoms with Crippen LogP contribution in [0.1, 0.15) is 36.1 Å². The topological polar surface area (TPSA) is 109 Å². The standard InChI is InChI=1S/C25H19F6N3O5S/c26-24(27,28)20-9-2-14-13-34(40(37,38)17-6-4-16(5-7-17)39-25(29,30)31)19-12-15(23(22(35)36)10-1-11-23)3-8-18(19)32-21(14)33-20/h2-9,12H,1,10-11,13H2,(H,32,33)(H,35,36). The lowest BCUT2D eigenvalue weighted by Gasteiger charge is -2.38. The first-order valence-corrected chi connectivity index (χ1v) is 13.1. The third kappa shape index (κ3) is 4.89. The summed E-state index contributed by atoms with van der Waals surface area (Å²) in [5.74, 6) is -2.02. The number of sulfonamides is 1. The van der Waals surface area contributed by atoms with E-state index in [1.807, 2.05) is 0 Å². The van der Waals surface area contributed by atoms with Crippen molar-refractivity contribution in [3.63, 3.8) is 0 Å². The Morgan fingerprint density at radius 2 is 1.68 bits per heavy atom. The van der Waals surface area contributed by atoms with Gasteiger partial charge < -0.3 is 15.2 Å². The van der Waals surface area contributed by atoms with E-state index in [-0.39, 0.29) is 22.8 Å². The summed E-state index contributed by atoms with van der Waals surface area (Å²) in [6.07, 6.45) is -8.54. The number of hydrogen-bond acceptors (Lipinski definition) is 6. The lowest BCUT2D eigenvalue weighted by Crippen LogP contribution is -2.42. The second-order valence-electron chi connectivity index (χ2n) is 9.33. The van der Waals surface area contributed by atoms with Crippen LogP contribution in [0.2, 0.25) is 0 Å². The van der Waals surface area contributed by atoms with E-state index in [0.29, 0.717) is 30.9 Å². The number of aromatic nitrogens is 1. The molecule has 1 aromatic heterocycles. The number of nitrogens with one attached hydrogen (secondary N) is 1. The van der Waals surface area contributed by atoms with Gasteiger partial charge in [-0.25, -0.2) is 13.4 Å². The van der Waals surface area contributed by atoms with Crippen LogP contribution in [0.5, 0.6) is 5.75 Å². The quantitative estimate of drug-likeness (QED) is 0.355. The number of carboxylic acids is 1. The molecule has 212 valence electrons. The van der Waals surface area contributed by atoms with Gasteiger partial charge in [-0.1, -0.05) is 18.6 Å². The molecule has 1 aliphatic heterocycles. The normalized spacial score (nSPS) is 16.6. The molecule has 0 radical (unpaired) electrons. The van der Waals surface area contributed by atoms with Crippen LogP contribution in [-0.2, 0) is 33.0 Å². The summed E-state index contributed by atoms with van der Waals surface area (Å²) >= 11 is 0. The van der Waals surface area contributed by atoms with E-state index in [1.165, 1.54) is 18.2 Å². The number of rotatable bonds is 5. The van der Waals surface area contributed by atoms with E-state index in [1.54, 1.807) is 0 Å². The van der Waals surface area contributed by atoms with Gasteiger partial charge in [0.2, 0.25) is 0 Å². The lowest BCUT2D eigenvalue weighted by molar-refractivity contribution is -0.274. The molecule has 3 aromatic rings. The number of hydrogen-bond donors (Lipinski definition) is 2. The molecule has 5 rings (SSSR count). The van der Waals surface area contributed by atoms with Gasteiger partial charge in [0.15, 0.2) is 0 Å².